The van der Waals surface area contributed by atoms with Crippen molar-refractivity contribution >= 4 is 5.91 Å². The lowest BCUT2D eigenvalue weighted by Crippen LogP contribution is -2.49. The molecule has 2 atom stereocenters. The van der Waals surface area contributed by atoms with Crippen molar-refractivity contribution < 1.29 is 14.3 Å². The third-order valence-electron chi connectivity index (χ3n) is 3.75. The topological polar surface area (TPSA) is 59.6 Å². The lowest BCUT2D eigenvalue weighted by molar-refractivity contribution is -0.133. The van der Waals surface area contributed by atoms with Gasteiger partial charge in [-0.3, -0.25) is 4.79 Å². The fourth-order valence-corrected chi connectivity index (χ4v) is 2.54. The normalized spacial score (nSPS) is 24.1. The molecule has 2 N–H and O–H groups in total. The van der Waals surface area contributed by atoms with E-state index in [1.807, 2.05) is 31.2 Å². The van der Waals surface area contributed by atoms with E-state index in [1.54, 1.807) is 0 Å². The summed E-state index contributed by atoms with van der Waals surface area (Å²) in [5.41, 5.74) is 1.26. The number of benzene rings is 1. The Hall–Kier alpha value is -2.01. The molecule has 1 amide bonds. The average molecular weight is 288 g/mol. The van der Waals surface area contributed by atoms with Crippen molar-refractivity contribution in [1.29, 1.82) is 0 Å². The molecule has 0 fully saturated rings. The van der Waals surface area contributed by atoms with Gasteiger partial charge in [-0.15, -0.1) is 0 Å². The maximum Gasteiger partial charge on any atom is 0.265 e. The molecule has 0 saturated heterocycles. The third kappa shape index (κ3) is 3.19. The quantitative estimate of drug-likeness (QED) is 0.822. The van der Waals surface area contributed by atoms with Crippen LogP contribution in [0.2, 0.25) is 0 Å². The molecule has 0 aliphatic carbocycles. The van der Waals surface area contributed by atoms with E-state index >= 15 is 0 Å². The molecule has 2 aliphatic rings. The molecule has 0 saturated carbocycles. The van der Waals surface area contributed by atoms with Gasteiger partial charge in [-0.05, 0) is 32.0 Å². The zero-order valence-corrected chi connectivity index (χ0v) is 12.1. The van der Waals surface area contributed by atoms with Crippen LogP contribution in [0, 0.1) is 0 Å². The van der Waals surface area contributed by atoms with Crippen LogP contribution in [0.25, 0.3) is 0 Å². The van der Waals surface area contributed by atoms with E-state index in [-0.39, 0.29) is 12.0 Å². The summed E-state index contributed by atoms with van der Waals surface area (Å²) in [4.78, 5) is 12.3. The van der Waals surface area contributed by atoms with Gasteiger partial charge in [0.25, 0.3) is 5.91 Å². The summed E-state index contributed by atoms with van der Waals surface area (Å²) >= 11 is 0. The van der Waals surface area contributed by atoms with Crippen LogP contribution in [0.3, 0.4) is 0 Å². The zero-order chi connectivity index (χ0) is 14.7. The van der Waals surface area contributed by atoms with Crippen LogP contribution in [-0.4, -0.2) is 37.7 Å². The maximum atomic E-state index is 12.3. The van der Waals surface area contributed by atoms with E-state index in [9.17, 15) is 4.79 Å². The molecule has 3 rings (SSSR count). The molecule has 0 spiro atoms. The Morgan fingerprint density at radius 1 is 1.33 bits per heavy atom. The second kappa shape index (κ2) is 6.18. The lowest BCUT2D eigenvalue weighted by atomic mass is 10.1. The first-order valence-electron chi connectivity index (χ1n) is 7.33. The van der Waals surface area contributed by atoms with Crippen LogP contribution in [0.5, 0.6) is 11.5 Å². The van der Waals surface area contributed by atoms with Crippen molar-refractivity contribution in [2.75, 3.05) is 19.6 Å². The first kappa shape index (κ1) is 13.9. The smallest absolute Gasteiger partial charge is 0.265 e. The maximum absolute atomic E-state index is 12.3. The van der Waals surface area contributed by atoms with Crippen molar-refractivity contribution in [3.05, 3.63) is 35.9 Å². The van der Waals surface area contributed by atoms with Gasteiger partial charge in [0.1, 0.15) is 6.10 Å². The number of rotatable bonds is 3. The Labute approximate surface area is 124 Å². The number of hydrogen-bond donors (Lipinski definition) is 2. The number of hydrogen-bond acceptors (Lipinski definition) is 4. The largest absolute Gasteiger partial charge is 0.482 e. The van der Waals surface area contributed by atoms with Crippen LogP contribution < -0.4 is 20.1 Å². The number of fused-ring (bicyclic) bond motifs is 1. The average Bonchev–Trinajstić information content (AvgIpc) is 2.53. The number of nitrogens with one attached hydrogen (secondary N) is 2. The van der Waals surface area contributed by atoms with E-state index < -0.39 is 6.10 Å². The molecule has 0 bridgehead atoms. The molecule has 5 nitrogen and oxygen atoms in total. The van der Waals surface area contributed by atoms with Crippen molar-refractivity contribution in [2.45, 2.75) is 25.6 Å². The van der Waals surface area contributed by atoms with Gasteiger partial charge >= 0.3 is 0 Å². The molecular weight excluding hydrogens is 268 g/mol. The van der Waals surface area contributed by atoms with Crippen molar-refractivity contribution in [3.63, 3.8) is 0 Å². The van der Waals surface area contributed by atoms with Crippen LogP contribution in [0.4, 0.5) is 0 Å². The van der Waals surface area contributed by atoms with Crippen molar-refractivity contribution in [1.82, 2.24) is 10.6 Å². The van der Waals surface area contributed by atoms with Gasteiger partial charge in [0.2, 0.25) is 6.10 Å². The minimum absolute atomic E-state index is 0.128. The molecule has 2 unspecified atom stereocenters. The van der Waals surface area contributed by atoms with E-state index in [0.29, 0.717) is 18.0 Å². The van der Waals surface area contributed by atoms with Crippen molar-refractivity contribution in [3.8, 4) is 11.5 Å². The highest BCUT2D eigenvalue weighted by atomic mass is 16.6. The summed E-state index contributed by atoms with van der Waals surface area (Å²) in [7, 11) is 0. The minimum Gasteiger partial charge on any atom is -0.482 e. The van der Waals surface area contributed by atoms with Gasteiger partial charge in [0.05, 0.1) is 0 Å². The summed E-state index contributed by atoms with van der Waals surface area (Å²) in [6.07, 6.45) is 2.19. The van der Waals surface area contributed by atoms with E-state index in [0.717, 1.165) is 19.5 Å². The predicted molar refractivity (Wildman–Crippen MR) is 79.5 cm³/mol. The highest BCUT2D eigenvalue weighted by Crippen LogP contribution is 2.33. The molecule has 112 valence electrons. The molecule has 0 radical (unpaired) electrons. The summed E-state index contributed by atoms with van der Waals surface area (Å²) in [5.74, 6) is 1.18. The van der Waals surface area contributed by atoms with Crippen LogP contribution in [-0.2, 0) is 4.79 Å². The summed E-state index contributed by atoms with van der Waals surface area (Å²) in [6.45, 7) is 4.27. The SMILES string of the molecule is CC1Oc2ccccc2OC1C(=O)NCC1=CCNCC1. The Bertz CT molecular complexity index is 556. The van der Waals surface area contributed by atoms with Gasteiger partial charge in [-0.2, -0.15) is 0 Å². The van der Waals surface area contributed by atoms with Gasteiger partial charge < -0.3 is 20.1 Å². The van der Waals surface area contributed by atoms with E-state index in [1.165, 1.54) is 5.57 Å². The Kier molecular flexibility index (Phi) is 4.10. The summed E-state index contributed by atoms with van der Waals surface area (Å²) < 4.78 is 11.5. The molecular formula is C16H20N2O3. The Balaban J connectivity index is 1.61. The fraction of sp³-hybridized carbons (Fsp3) is 0.438. The van der Waals surface area contributed by atoms with E-state index in [4.69, 9.17) is 9.47 Å². The first-order valence-corrected chi connectivity index (χ1v) is 7.33. The Morgan fingerprint density at radius 2 is 2.10 bits per heavy atom. The predicted octanol–water partition coefficient (Wildman–Crippen LogP) is 1.25. The van der Waals surface area contributed by atoms with Crippen LogP contribution in [0.15, 0.2) is 35.9 Å². The van der Waals surface area contributed by atoms with Gasteiger partial charge in [-0.25, -0.2) is 0 Å². The third-order valence-corrected chi connectivity index (χ3v) is 3.75. The van der Waals surface area contributed by atoms with Gasteiger partial charge in [0.15, 0.2) is 11.5 Å². The standard InChI is InChI=1S/C16H20N2O3/c1-11-15(21-14-5-3-2-4-13(14)20-11)16(19)18-10-12-6-8-17-9-7-12/h2-6,11,15,17H,7-10H2,1H3,(H,18,19). The highest BCUT2D eigenvalue weighted by molar-refractivity contribution is 5.82. The second-order valence-corrected chi connectivity index (χ2v) is 5.34. The monoisotopic (exact) mass is 288 g/mol. The number of amides is 1. The van der Waals surface area contributed by atoms with Crippen LogP contribution >= 0.6 is 0 Å². The summed E-state index contributed by atoms with van der Waals surface area (Å²) in [6, 6.07) is 7.42. The highest BCUT2D eigenvalue weighted by Gasteiger charge is 2.33. The van der Waals surface area contributed by atoms with Gasteiger partial charge in [-0.1, -0.05) is 23.8 Å². The fourth-order valence-electron chi connectivity index (χ4n) is 2.54. The minimum atomic E-state index is -0.609. The van der Waals surface area contributed by atoms with E-state index in [2.05, 4.69) is 16.7 Å². The number of ether oxygens (including phenoxy) is 2. The molecule has 21 heavy (non-hydrogen) atoms. The van der Waals surface area contributed by atoms with Crippen molar-refractivity contribution in [2.24, 2.45) is 0 Å². The van der Waals surface area contributed by atoms with Crippen LogP contribution in [0.1, 0.15) is 13.3 Å². The lowest BCUT2D eigenvalue weighted by Gasteiger charge is -2.31. The molecule has 1 aromatic rings. The molecule has 5 heteroatoms. The number of carbonyl (C=O) groups is 1. The molecule has 0 aromatic heterocycles. The molecule has 2 aliphatic heterocycles. The zero-order valence-electron chi connectivity index (χ0n) is 12.1. The second-order valence-electron chi connectivity index (χ2n) is 5.34. The molecule has 2 heterocycles. The number of carbonyl (C=O) groups excluding carboxylic acids is 1. The van der Waals surface area contributed by atoms with Gasteiger partial charge in [0, 0.05) is 13.1 Å². The molecule has 1 aromatic carbocycles. The number of para-hydroxylation sites is 2. The first-order chi connectivity index (χ1) is 10.2. The summed E-state index contributed by atoms with van der Waals surface area (Å²) in [5, 5.41) is 6.19. The Morgan fingerprint density at radius 3 is 2.81 bits per heavy atom.